The second-order valence-electron chi connectivity index (χ2n) is 5.53. The molecule has 2 heteroatoms. The molecule has 1 aliphatic rings. The van der Waals surface area contributed by atoms with E-state index in [1.54, 1.807) is 0 Å². The van der Waals surface area contributed by atoms with Crippen molar-refractivity contribution in [2.75, 3.05) is 0 Å². The lowest BCUT2D eigenvalue weighted by Crippen LogP contribution is -2.29. The topological polar surface area (TPSA) is 17.1 Å². The van der Waals surface area contributed by atoms with E-state index in [1.807, 2.05) is 20.8 Å². The van der Waals surface area contributed by atoms with Gasteiger partial charge in [-0.1, -0.05) is 67.6 Å². The quantitative estimate of drug-likeness (QED) is 0.564. The lowest BCUT2D eigenvalue weighted by atomic mass is 9.82. The summed E-state index contributed by atoms with van der Waals surface area (Å²) >= 11 is 2.42. The zero-order valence-electron chi connectivity index (χ0n) is 9.96. The van der Waals surface area contributed by atoms with Gasteiger partial charge in [0.1, 0.15) is 5.78 Å². The fraction of sp³-hybridized carbons (Fsp3) is 0.500. The fourth-order valence-corrected chi connectivity index (χ4v) is 3.52. The van der Waals surface area contributed by atoms with E-state index >= 15 is 0 Å². The summed E-state index contributed by atoms with van der Waals surface area (Å²) in [6.07, 6.45) is 0.917. The summed E-state index contributed by atoms with van der Waals surface area (Å²) in [4.78, 5) is 12.3. The largest absolute Gasteiger partial charge is 0.299 e. The van der Waals surface area contributed by atoms with E-state index in [-0.39, 0.29) is 11.3 Å². The first kappa shape index (κ1) is 12.1. The highest BCUT2D eigenvalue weighted by molar-refractivity contribution is 14.1. The summed E-state index contributed by atoms with van der Waals surface area (Å²) in [5.41, 5.74) is 2.48. The fourth-order valence-electron chi connectivity index (χ4n) is 2.33. The minimum Gasteiger partial charge on any atom is -0.299 e. The second kappa shape index (κ2) is 4.13. The third-order valence-corrected chi connectivity index (χ3v) is 4.76. The molecule has 0 heterocycles. The molecule has 1 nitrogen and oxygen atoms in total. The van der Waals surface area contributed by atoms with Crippen LogP contribution in [0.5, 0.6) is 0 Å². The molecule has 0 amide bonds. The molecule has 0 spiro atoms. The zero-order chi connectivity index (χ0) is 11.9. The molecule has 0 saturated carbocycles. The van der Waals surface area contributed by atoms with Crippen molar-refractivity contribution in [3.05, 3.63) is 35.4 Å². The maximum absolute atomic E-state index is 12.3. The van der Waals surface area contributed by atoms with Crippen LogP contribution in [0, 0.1) is 11.3 Å². The Bertz CT molecular complexity index is 417. The first-order valence-corrected chi connectivity index (χ1v) is 6.92. The van der Waals surface area contributed by atoms with Gasteiger partial charge in [-0.15, -0.1) is 0 Å². The lowest BCUT2D eigenvalue weighted by Gasteiger charge is -2.23. The molecule has 1 aromatic carbocycles. The Balaban J connectivity index is 2.29. The number of carbonyl (C=O) groups is 1. The maximum atomic E-state index is 12.3. The Morgan fingerprint density at radius 3 is 2.50 bits per heavy atom. The van der Waals surface area contributed by atoms with Crippen LogP contribution in [0.15, 0.2) is 24.3 Å². The molecule has 1 aromatic rings. The predicted octanol–water partition coefficient (Wildman–Crippen LogP) is 3.95. The standard InChI is InChI=1S/C14H17IO/c1-14(2,3)13(16)11-8-9-6-4-5-7-10(9)12(11)15/h4-7,11-12H,8H2,1-3H3. The number of rotatable bonds is 1. The average molecular weight is 328 g/mol. The SMILES string of the molecule is CC(C)(C)C(=O)C1Cc2ccccc2C1I. The van der Waals surface area contributed by atoms with Crippen molar-refractivity contribution in [2.45, 2.75) is 31.1 Å². The van der Waals surface area contributed by atoms with Gasteiger partial charge in [-0.3, -0.25) is 4.79 Å². The number of benzene rings is 1. The zero-order valence-corrected chi connectivity index (χ0v) is 12.1. The highest BCUT2D eigenvalue weighted by atomic mass is 127. The van der Waals surface area contributed by atoms with Gasteiger partial charge in [-0.05, 0) is 17.5 Å². The number of halogens is 1. The Labute approximate surface area is 111 Å². The first-order chi connectivity index (χ1) is 7.41. The molecule has 2 atom stereocenters. The lowest BCUT2D eigenvalue weighted by molar-refractivity contribution is -0.130. The van der Waals surface area contributed by atoms with E-state index < -0.39 is 0 Å². The monoisotopic (exact) mass is 328 g/mol. The molecule has 0 fully saturated rings. The normalized spacial score (nSPS) is 24.2. The van der Waals surface area contributed by atoms with Crippen molar-refractivity contribution >= 4 is 28.4 Å². The number of carbonyl (C=O) groups excluding carboxylic acids is 1. The van der Waals surface area contributed by atoms with Gasteiger partial charge in [0.2, 0.25) is 0 Å². The van der Waals surface area contributed by atoms with E-state index in [2.05, 4.69) is 46.9 Å². The average Bonchev–Trinajstić information content (AvgIpc) is 2.54. The van der Waals surface area contributed by atoms with Crippen LogP contribution < -0.4 is 0 Å². The van der Waals surface area contributed by atoms with E-state index in [4.69, 9.17) is 0 Å². The highest BCUT2D eigenvalue weighted by Gasteiger charge is 2.39. The molecule has 0 aliphatic heterocycles. The van der Waals surface area contributed by atoms with E-state index in [1.165, 1.54) is 11.1 Å². The molecule has 1 aliphatic carbocycles. The molecule has 86 valence electrons. The van der Waals surface area contributed by atoms with Gasteiger partial charge in [0, 0.05) is 15.3 Å². The third kappa shape index (κ3) is 2.04. The van der Waals surface area contributed by atoms with Gasteiger partial charge in [0.05, 0.1) is 0 Å². The van der Waals surface area contributed by atoms with E-state index in [0.29, 0.717) is 9.71 Å². The molecule has 0 radical (unpaired) electrons. The minimum atomic E-state index is -0.226. The maximum Gasteiger partial charge on any atom is 0.142 e. The third-order valence-electron chi connectivity index (χ3n) is 3.22. The summed E-state index contributed by atoms with van der Waals surface area (Å²) in [5.74, 6) is 0.557. The molecule has 0 bridgehead atoms. The van der Waals surface area contributed by atoms with Crippen LogP contribution in [-0.4, -0.2) is 5.78 Å². The highest BCUT2D eigenvalue weighted by Crippen LogP contribution is 2.45. The number of ketones is 1. The van der Waals surface area contributed by atoms with Crippen LogP contribution >= 0.6 is 22.6 Å². The molecule has 2 unspecified atom stereocenters. The Morgan fingerprint density at radius 1 is 1.31 bits per heavy atom. The van der Waals surface area contributed by atoms with Crippen LogP contribution in [0.3, 0.4) is 0 Å². The summed E-state index contributed by atoms with van der Waals surface area (Å²) in [6.45, 7) is 6.05. The van der Waals surface area contributed by atoms with Gasteiger partial charge in [-0.25, -0.2) is 0 Å². The number of fused-ring (bicyclic) bond motifs is 1. The molecule has 2 rings (SSSR count). The molecule has 0 saturated heterocycles. The summed E-state index contributed by atoms with van der Waals surface area (Å²) in [5, 5.41) is 0. The van der Waals surface area contributed by atoms with Crippen LogP contribution in [0.4, 0.5) is 0 Å². The van der Waals surface area contributed by atoms with E-state index in [0.717, 1.165) is 6.42 Å². The summed E-state index contributed by atoms with van der Waals surface area (Å²) in [7, 11) is 0. The van der Waals surface area contributed by atoms with Crippen molar-refractivity contribution in [3.8, 4) is 0 Å². The second-order valence-corrected chi connectivity index (χ2v) is 6.87. The van der Waals surface area contributed by atoms with Crippen molar-refractivity contribution in [1.82, 2.24) is 0 Å². The smallest absolute Gasteiger partial charge is 0.142 e. The molecule has 0 N–H and O–H groups in total. The number of hydrogen-bond acceptors (Lipinski definition) is 1. The number of Topliss-reactive ketones (excluding diaryl/α,β-unsaturated/α-hetero) is 1. The van der Waals surface area contributed by atoms with Crippen molar-refractivity contribution in [1.29, 1.82) is 0 Å². The summed E-state index contributed by atoms with van der Waals surface area (Å²) < 4.78 is 0.348. The van der Waals surface area contributed by atoms with Crippen LogP contribution in [-0.2, 0) is 11.2 Å². The van der Waals surface area contributed by atoms with Gasteiger partial charge < -0.3 is 0 Å². The Hall–Kier alpha value is -0.380. The van der Waals surface area contributed by atoms with Crippen LogP contribution in [0.2, 0.25) is 0 Å². The van der Waals surface area contributed by atoms with Gasteiger partial charge in [0.15, 0.2) is 0 Å². The summed E-state index contributed by atoms with van der Waals surface area (Å²) in [6, 6.07) is 8.43. The van der Waals surface area contributed by atoms with Crippen LogP contribution in [0.1, 0.15) is 35.8 Å². The number of alkyl halides is 1. The predicted molar refractivity (Wildman–Crippen MR) is 74.9 cm³/mol. The Morgan fingerprint density at radius 2 is 1.94 bits per heavy atom. The van der Waals surface area contributed by atoms with Crippen molar-refractivity contribution < 1.29 is 4.79 Å². The molecule has 0 aromatic heterocycles. The number of hydrogen-bond donors (Lipinski definition) is 0. The first-order valence-electron chi connectivity index (χ1n) is 5.67. The van der Waals surface area contributed by atoms with Crippen LogP contribution in [0.25, 0.3) is 0 Å². The molecular formula is C14H17IO. The Kier molecular flexibility index (Phi) is 3.12. The van der Waals surface area contributed by atoms with Gasteiger partial charge in [0.25, 0.3) is 0 Å². The van der Waals surface area contributed by atoms with Gasteiger partial charge >= 0.3 is 0 Å². The molecular weight excluding hydrogens is 311 g/mol. The van der Waals surface area contributed by atoms with Crippen molar-refractivity contribution in [2.24, 2.45) is 11.3 Å². The van der Waals surface area contributed by atoms with Gasteiger partial charge in [-0.2, -0.15) is 0 Å². The minimum absolute atomic E-state index is 0.165. The van der Waals surface area contributed by atoms with E-state index in [9.17, 15) is 4.79 Å². The van der Waals surface area contributed by atoms with Crippen molar-refractivity contribution in [3.63, 3.8) is 0 Å². The molecule has 16 heavy (non-hydrogen) atoms.